The van der Waals surface area contributed by atoms with Gasteiger partial charge in [-0.15, -0.1) is 0 Å². The SMILES string of the molecule is Cc1cc(Cl)cc(C(=O)O)c1O[Si](C)(C)C. The molecule has 0 aliphatic rings. The molecule has 0 radical (unpaired) electrons. The molecule has 0 saturated carbocycles. The van der Waals surface area contributed by atoms with E-state index in [1.165, 1.54) is 6.07 Å². The average molecular weight is 259 g/mol. The molecule has 5 heteroatoms. The van der Waals surface area contributed by atoms with E-state index in [2.05, 4.69) is 0 Å². The van der Waals surface area contributed by atoms with E-state index in [-0.39, 0.29) is 5.56 Å². The minimum absolute atomic E-state index is 0.132. The zero-order valence-electron chi connectivity index (χ0n) is 9.80. The van der Waals surface area contributed by atoms with Gasteiger partial charge in [0.15, 0.2) is 0 Å². The van der Waals surface area contributed by atoms with Crippen molar-refractivity contribution >= 4 is 25.9 Å². The highest BCUT2D eigenvalue weighted by Gasteiger charge is 2.22. The van der Waals surface area contributed by atoms with Crippen LogP contribution in [0, 0.1) is 6.92 Å². The van der Waals surface area contributed by atoms with Crippen LogP contribution in [0.4, 0.5) is 0 Å². The van der Waals surface area contributed by atoms with Crippen LogP contribution in [0.25, 0.3) is 0 Å². The Balaban J connectivity index is 3.30. The van der Waals surface area contributed by atoms with E-state index < -0.39 is 14.3 Å². The van der Waals surface area contributed by atoms with Gasteiger partial charge in [-0.1, -0.05) is 11.6 Å². The van der Waals surface area contributed by atoms with Crippen molar-refractivity contribution in [2.24, 2.45) is 0 Å². The maximum absolute atomic E-state index is 11.1. The van der Waals surface area contributed by atoms with Crippen molar-refractivity contribution < 1.29 is 14.3 Å². The van der Waals surface area contributed by atoms with Gasteiger partial charge in [-0.2, -0.15) is 0 Å². The summed E-state index contributed by atoms with van der Waals surface area (Å²) in [6, 6.07) is 3.13. The standard InChI is InChI=1S/C11H15ClO3Si/c1-7-5-8(12)6-9(11(13)14)10(7)15-16(2,3)4/h5-6H,1-4H3,(H,13,14). The van der Waals surface area contributed by atoms with Crippen LogP contribution in [0.5, 0.6) is 5.75 Å². The highest BCUT2D eigenvalue weighted by atomic mass is 35.5. The van der Waals surface area contributed by atoms with Gasteiger partial charge in [0.1, 0.15) is 11.3 Å². The Hall–Kier alpha value is -1.00. The molecule has 0 fully saturated rings. The smallest absolute Gasteiger partial charge is 0.339 e. The Kier molecular flexibility index (Phi) is 3.65. The number of halogens is 1. The van der Waals surface area contributed by atoms with Gasteiger partial charge in [0.25, 0.3) is 0 Å². The van der Waals surface area contributed by atoms with E-state index in [4.69, 9.17) is 21.1 Å². The Morgan fingerprint density at radius 1 is 1.38 bits per heavy atom. The molecule has 0 aromatic heterocycles. The lowest BCUT2D eigenvalue weighted by Gasteiger charge is -2.22. The van der Waals surface area contributed by atoms with Crippen molar-refractivity contribution in [1.82, 2.24) is 0 Å². The lowest BCUT2D eigenvalue weighted by molar-refractivity contribution is 0.0694. The second-order valence-electron chi connectivity index (χ2n) is 4.62. The van der Waals surface area contributed by atoms with Gasteiger partial charge in [0.2, 0.25) is 8.32 Å². The maximum Gasteiger partial charge on any atom is 0.339 e. The predicted molar refractivity (Wildman–Crippen MR) is 67.1 cm³/mol. The van der Waals surface area contributed by atoms with Gasteiger partial charge in [0.05, 0.1) is 0 Å². The summed E-state index contributed by atoms with van der Waals surface area (Å²) in [6.07, 6.45) is 0. The number of aromatic carboxylic acids is 1. The van der Waals surface area contributed by atoms with Gasteiger partial charge < -0.3 is 9.53 Å². The van der Waals surface area contributed by atoms with Crippen LogP contribution in [0.3, 0.4) is 0 Å². The first-order valence-electron chi connectivity index (χ1n) is 4.93. The van der Waals surface area contributed by atoms with E-state index in [0.717, 1.165) is 5.56 Å². The fourth-order valence-corrected chi connectivity index (χ4v) is 2.49. The summed E-state index contributed by atoms with van der Waals surface area (Å²) in [5, 5.41) is 9.50. The molecule has 0 aliphatic heterocycles. The first-order valence-corrected chi connectivity index (χ1v) is 8.72. The number of hydrogen-bond donors (Lipinski definition) is 1. The number of benzene rings is 1. The molecule has 0 saturated heterocycles. The summed E-state index contributed by atoms with van der Waals surface area (Å²) in [7, 11) is -1.83. The lowest BCUT2D eigenvalue weighted by atomic mass is 10.1. The van der Waals surface area contributed by atoms with Gasteiger partial charge in [-0.25, -0.2) is 4.79 Å². The normalized spacial score (nSPS) is 11.3. The molecule has 3 nitrogen and oxygen atoms in total. The molecule has 0 atom stereocenters. The van der Waals surface area contributed by atoms with E-state index in [9.17, 15) is 4.79 Å². The second kappa shape index (κ2) is 4.47. The predicted octanol–water partition coefficient (Wildman–Crippen LogP) is 3.56. The summed E-state index contributed by atoms with van der Waals surface area (Å²) in [5.41, 5.74) is 0.889. The fourth-order valence-electron chi connectivity index (χ4n) is 1.33. The number of aryl methyl sites for hydroxylation is 1. The zero-order chi connectivity index (χ0) is 12.5. The molecule has 88 valence electrons. The van der Waals surface area contributed by atoms with Crippen molar-refractivity contribution in [2.75, 3.05) is 0 Å². The second-order valence-corrected chi connectivity index (χ2v) is 9.48. The van der Waals surface area contributed by atoms with Crippen LogP contribution in [0.15, 0.2) is 12.1 Å². The number of hydrogen-bond acceptors (Lipinski definition) is 2. The largest absolute Gasteiger partial charge is 0.544 e. The van der Waals surface area contributed by atoms with Crippen LogP contribution >= 0.6 is 11.6 Å². The highest BCUT2D eigenvalue weighted by Crippen LogP contribution is 2.29. The summed E-state index contributed by atoms with van der Waals surface area (Å²) in [6.45, 7) is 7.82. The molecule has 0 spiro atoms. The first kappa shape index (κ1) is 13.1. The van der Waals surface area contributed by atoms with Crippen molar-refractivity contribution in [3.8, 4) is 5.75 Å². The summed E-state index contributed by atoms with van der Waals surface area (Å²) >= 11 is 5.83. The molecular formula is C11H15ClO3Si. The third kappa shape index (κ3) is 3.25. The van der Waals surface area contributed by atoms with E-state index >= 15 is 0 Å². The molecule has 0 amide bonds. The summed E-state index contributed by atoms with van der Waals surface area (Å²) in [5.74, 6) is -0.574. The van der Waals surface area contributed by atoms with Crippen LogP contribution in [0.1, 0.15) is 15.9 Å². The van der Waals surface area contributed by atoms with Crippen LogP contribution in [0.2, 0.25) is 24.7 Å². The molecule has 0 bridgehead atoms. The third-order valence-electron chi connectivity index (χ3n) is 1.88. The summed E-state index contributed by atoms with van der Waals surface area (Å²) < 4.78 is 5.78. The topological polar surface area (TPSA) is 46.5 Å². The monoisotopic (exact) mass is 258 g/mol. The molecule has 16 heavy (non-hydrogen) atoms. The van der Waals surface area contributed by atoms with Gasteiger partial charge in [-0.3, -0.25) is 0 Å². The maximum atomic E-state index is 11.1. The molecule has 1 N–H and O–H groups in total. The van der Waals surface area contributed by atoms with Crippen molar-refractivity contribution in [2.45, 2.75) is 26.6 Å². The van der Waals surface area contributed by atoms with Crippen molar-refractivity contribution in [3.63, 3.8) is 0 Å². The van der Waals surface area contributed by atoms with Crippen molar-refractivity contribution in [1.29, 1.82) is 0 Å². The van der Waals surface area contributed by atoms with Gasteiger partial charge >= 0.3 is 5.97 Å². The van der Waals surface area contributed by atoms with E-state index in [0.29, 0.717) is 10.8 Å². The molecule has 1 aromatic rings. The Morgan fingerprint density at radius 2 is 1.94 bits per heavy atom. The van der Waals surface area contributed by atoms with Gasteiger partial charge in [-0.05, 0) is 44.3 Å². The number of carboxylic acids is 1. The zero-order valence-corrected chi connectivity index (χ0v) is 11.6. The third-order valence-corrected chi connectivity index (χ3v) is 2.91. The van der Waals surface area contributed by atoms with Crippen LogP contribution in [-0.2, 0) is 0 Å². The number of carbonyl (C=O) groups is 1. The quantitative estimate of drug-likeness (QED) is 0.844. The Bertz CT molecular complexity index is 424. The molecule has 0 aliphatic carbocycles. The Morgan fingerprint density at radius 3 is 2.38 bits per heavy atom. The summed E-state index contributed by atoms with van der Waals surface area (Å²) in [4.78, 5) is 11.1. The average Bonchev–Trinajstić information content (AvgIpc) is 2.07. The number of rotatable bonds is 3. The Labute approximate surface area is 101 Å². The van der Waals surface area contributed by atoms with E-state index in [1.807, 2.05) is 19.6 Å². The van der Waals surface area contributed by atoms with Crippen LogP contribution in [-0.4, -0.2) is 19.4 Å². The minimum atomic E-state index is -1.83. The van der Waals surface area contributed by atoms with Crippen LogP contribution < -0.4 is 4.43 Å². The van der Waals surface area contributed by atoms with E-state index in [1.54, 1.807) is 13.0 Å². The molecule has 0 unspecified atom stereocenters. The molecule has 1 rings (SSSR count). The fraction of sp³-hybridized carbons (Fsp3) is 0.364. The molecule has 0 heterocycles. The van der Waals surface area contributed by atoms with Gasteiger partial charge in [0, 0.05) is 5.02 Å². The number of carboxylic acid groups (broad SMARTS) is 1. The molecule has 1 aromatic carbocycles. The minimum Gasteiger partial charge on any atom is -0.544 e. The van der Waals surface area contributed by atoms with Crippen molar-refractivity contribution in [3.05, 3.63) is 28.3 Å². The highest BCUT2D eigenvalue weighted by molar-refractivity contribution is 6.70. The first-order chi connectivity index (χ1) is 7.20. The lowest BCUT2D eigenvalue weighted by Crippen LogP contribution is -2.30. The molecular weight excluding hydrogens is 244 g/mol.